The number of carboxylic acid groups (broad SMARTS) is 1. The van der Waals surface area contributed by atoms with Crippen LogP contribution in [0.5, 0.6) is 0 Å². The fraction of sp³-hybridized carbons (Fsp3) is 0.692. The van der Waals surface area contributed by atoms with E-state index in [1.54, 1.807) is 4.68 Å². The number of aromatic nitrogens is 2. The molecule has 0 saturated carbocycles. The van der Waals surface area contributed by atoms with E-state index in [-0.39, 0.29) is 0 Å². The lowest BCUT2D eigenvalue weighted by atomic mass is 9.90. The van der Waals surface area contributed by atoms with Gasteiger partial charge in [-0.05, 0) is 31.9 Å². The zero-order valence-corrected chi connectivity index (χ0v) is 11.1. The van der Waals surface area contributed by atoms with Crippen molar-refractivity contribution in [3.8, 4) is 0 Å². The van der Waals surface area contributed by atoms with Crippen LogP contribution < -0.4 is 0 Å². The normalized spacial score (nSPS) is 24.6. The van der Waals surface area contributed by atoms with Crippen molar-refractivity contribution in [2.24, 2.45) is 7.05 Å². The zero-order valence-electron chi connectivity index (χ0n) is 11.1. The average Bonchev–Trinajstić information content (AvgIpc) is 2.88. The molecule has 0 radical (unpaired) electrons. The Kier molecular flexibility index (Phi) is 3.71. The lowest BCUT2D eigenvalue weighted by molar-refractivity contribution is -0.150. The van der Waals surface area contributed by atoms with Gasteiger partial charge in [-0.1, -0.05) is 13.3 Å². The Labute approximate surface area is 107 Å². The van der Waals surface area contributed by atoms with Gasteiger partial charge >= 0.3 is 5.97 Å². The molecule has 1 aromatic heterocycles. The highest BCUT2D eigenvalue weighted by Crippen LogP contribution is 2.34. The van der Waals surface area contributed by atoms with Gasteiger partial charge in [0.25, 0.3) is 0 Å². The van der Waals surface area contributed by atoms with Crippen molar-refractivity contribution < 1.29 is 9.90 Å². The third-order valence-electron chi connectivity index (χ3n) is 3.81. The van der Waals surface area contributed by atoms with Gasteiger partial charge in [0, 0.05) is 19.8 Å². The number of hydrogen-bond donors (Lipinski definition) is 1. The third kappa shape index (κ3) is 2.27. The van der Waals surface area contributed by atoms with Crippen molar-refractivity contribution in [1.29, 1.82) is 0 Å². The number of aryl methyl sites for hydroxylation is 1. The van der Waals surface area contributed by atoms with E-state index >= 15 is 0 Å². The maximum Gasteiger partial charge on any atom is 0.324 e. The standard InChI is InChI=1S/C13H21N3O2/c1-3-6-13(12(17)18)7-4-8-16(13)10-11-5-9-15(2)14-11/h5,9H,3-4,6-8,10H2,1-2H3,(H,17,18). The number of carbonyl (C=O) groups is 1. The van der Waals surface area contributed by atoms with Crippen LogP contribution in [0.4, 0.5) is 0 Å². The molecule has 18 heavy (non-hydrogen) atoms. The molecule has 2 rings (SSSR count). The van der Waals surface area contributed by atoms with Crippen LogP contribution in [0.3, 0.4) is 0 Å². The summed E-state index contributed by atoms with van der Waals surface area (Å²) >= 11 is 0. The smallest absolute Gasteiger partial charge is 0.324 e. The van der Waals surface area contributed by atoms with Crippen LogP contribution in [0, 0.1) is 0 Å². The first-order valence-corrected chi connectivity index (χ1v) is 6.55. The van der Waals surface area contributed by atoms with Gasteiger partial charge in [0.2, 0.25) is 0 Å². The summed E-state index contributed by atoms with van der Waals surface area (Å²) in [5.74, 6) is -0.683. The molecule has 0 bridgehead atoms. The van der Waals surface area contributed by atoms with Gasteiger partial charge < -0.3 is 5.11 Å². The Morgan fingerprint density at radius 2 is 2.39 bits per heavy atom. The number of aliphatic carboxylic acids is 1. The van der Waals surface area contributed by atoms with Crippen LogP contribution in [-0.4, -0.2) is 37.8 Å². The summed E-state index contributed by atoms with van der Waals surface area (Å²) in [6.45, 7) is 3.53. The fourth-order valence-electron chi connectivity index (χ4n) is 2.95. The summed E-state index contributed by atoms with van der Waals surface area (Å²) in [5, 5.41) is 13.9. The van der Waals surface area contributed by atoms with Crippen molar-refractivity contribution in [3.05, 3.63) is 18.0 Å². The molecular weight excluding hydrogens is 230 g/mol. The van der Waals surface area contributed by atoms with E-state index in [0.717, 1.165) is 37.9 Å². The molecule has 1 fully saturated rings. The number of carboxylic acids is 1. The molecule has 1 aromatic rings. The SMILES string of the molecule is CCCC1(C(=O)O)CCCN1Cc1ccn(C)n1. The highest BCUT2D eigenvalue weighted by Gasteiger charge is 2.46. The largest absolute Gasteiger partial charge is 0.480 e. The monoisotopic (exact) mass is 251 g/mol. The first kappa shape index (κ1) is 13.1. The molecule has 1 aliphatic rings. The number of rotatable bonds is 5. The van der Waals surface area contributed by atoms with Gasteiger partial charge in [-0.2, -0.15) is 5.10 Å². The van der Waals surface area contributed by atoms with E-state index in [4.69, 9.17) is 0 Å². The minimum atomic E-state index is -0.683. The summed E-state index contributed by atoms with van der Waals surface area (Å²) in [6.07, 6.45) is 5.22. The number of likely N-dealkylation sites (tertiary alicyclic amines) is 1. The van der Waals surface area contributed by atoms with Crippen LogP contribution in [0.15, 0.2) is 12.3 Å². The van der Waals surface area contributed by atoms with Crippen molar-refractivity contribution in [2.45, 2.75) is 44.7 Å². The van der Waals surface area contributed by atoms with Gasteiger partial charge in [0.05, 0.1) is 5.69 Å². The van der Waals surface area contributed by atoms with E-state index < -0.39 is 11.5 Å². The van der Waals surface area contributed by atoms with Gasteiger partial charge in [-0.3, -0.25) is 14.4 Å². The Morgan fingerprint density at radius 3 is 2.94 bits per heavy atom. The predicted octanol–water partition coefficient (Wildman–Crippen LogP) is 1.64. The van der Waals surface area contributed by atoms with Gasteiger partial charge in [-0.25, -0.2) is 0 Å². The molecule has 2 heterocycles. The van der Waals surface area contributed by atoms with Gasteiger partial charge in [-0.15, -0.1) is 0 Å². The van der Waals surface area contributed by atoms with Crippen molar-refractivity contribution >= 4 is 5.97 Å². The van der Waals surface area contributed by atoms with Crippen molar-refractivity contribution in [1.82, 2.24) is 14.7 Å². The maximum atomic E-state index is 11.7. The first-order chi connectivity index (χ1) is 8.58. The molecule has 0 amide bonds. The molecule has 5 nitrogen and oxygen atoms in total. The van der Waals surface area contributed by atoms with Gasteiger partial charge in [0.1, 0.15) is 5.54 Å². The van der Waals surface area contributed by atoms with E-state index in [2.05, 4.69) is 10.00 Å². The molecule has 100 valence electrons. The summed E-state index contributed by atoms with van der Waals surface area (Å²) in [7, 11) is 1.88. The summed E-state index contributed by atoms with van der Waals surface area (Å²) in [4.78, 5) is 13.7. The minimum Gasteiger partial charge on any atom is -0.480 e. The van der Waals surface area contributed by atoms with Crippen LogP contribution in [0.1, 0.15) is 38.3 Å². The molecule has 5 heteroatoms. The van der Waals surface area contributed by atoms with Crippen molar-refractivity contribution in [2.75, 3.05) is 6.54 Å². The lowest BCUT2D eigenvalue weighted by Gasteiger charge is -2.34. The molecule has 1 N–H and O–H groups in total. The van der Waals surface area contributed by atoms with Crippen LogP contribution >= 0.6 is 0 Å². The second-order valence-corrected chi connectivity index (χ2v) is 5.09. The number of hydrogen-bond acceptors (Lipinski definition) is 3. The topological polar surface area (TPSA) is 58.4 Å². The van der Waals surface area contributed by atoms with Crippen molar-refractivity contribution in [3.63, 3.8) is 0 Å². The molecule has 0 aliphatic carbocycles. The van der Waals surface area contributed by atoms with E-state index in [9.17, 15) is 9.90 Å². The number of nitrogens with zero attached hydrogens (tertiary/aromatic N) is 3. The highest BCUT2D eigenvalue weighted by molar-refractivity contribution is 5.79. The summed E-state index contributed by atoms with van der Waals surface area (Å²) < 4.78 is 1.76. The second-order valence-electron chi connectivity index (χ2n) is 5.09. The summed E-state index contributed by atoms with van der Waals surface area (Å²) in [6, 6.07) is 1.96. The molecule has 0 aromatic carbocycles. The Balaban J connectivity index is 2.17. The Hall–Kier alpha value is -1.36. The first-order valence-electron chi connectivity index (χ1n) is 6.55. The molecule has 1 atom stereocenters. The zero-order chi connectivity index (χ0) is 13.2. The minimum absolute atomic E-state index is 0.632. The van der Waals surface area contributed by atoms with Crippen LogP contribution in [-0.2, 0) is 18.4 Å². The molecule has 0 spiro atoms. The predicted molar refractivity (Wildman–Crippen MR) is 68.1 cm³/mol. The molecular formula is C13H21N3O2. The average molecular weight is 251 g/mol. The van der Waals surface area contributed by atoms with E-state index in [1.165, 1.54) is 0 Å². The van der Waals surface area contributed by atoms with Crippen LogP contribution in [0.2, 0.25) is 0 Å². The van der Waals surface area contributed by atoms with E-state index in [1.807, 2.05) is 26.2 Å². The Bertz CT molecular complexity index is 430. The molecule has 1 aliphatic heterocycles. The quantitative estimate of drug-likeness (QED) is 0.864. The second kappa shape index (κ2) is 5.10. The maximum absolute atomic E-state index is 11.7. The van der Waals surface area contributed by atoms with Crippen LogP contribution in [0.25, 0.3) is 0 Å². The Morgan fingerprint density at radius 1 is 1.61 bits per heavy atom. The highest BCUT2D eigenvalue weighted by atomic mass is 16.4. The molecule has 1 unspecified atom stereocenters. The molecule has 1 saturated heterocycles. The van der Waals surface area contributed by atoms with Gasteiger partial charge in [0.15, 0.2) is 0 Å². The summed E-state index contributed by atoms with van der Waals surface area (Å²) in [5.41, 5.74) is 0.271. The lowest BCUT2D eigenvalue weighted by Crippen LogP contribution is -2.50. The fourth-order valence-corrected chi connectivity index (χ4v) is 2.95. The van der Waals surface area contributed by atoms with E-state index in [0.29, 0.717) is 6.54 Å². The third-order valence-corrected chi connectivity index (χ3v) is 3.81.